The molecule has 0 saturated heterocycles. The van der Waals surface area contributed by atoms with Gasteiger partial charge < -0.3 is 10.1 Å². The van der Waals surface area contributed by atoms with Crippen LogP contribution in [0, 0.1) is 17.2 Å². The van der Waals surface area contributed by atoms with E-state index >= 15 is 0 Å². The number of aromatic amines is 1. The molecule has 0 fully saturated rings. The summed E-state index contributed by atoms with van der Waals surface area (Å²) >= 11 is 0. The van der Waals surface area contributed by atoms with Gasteiger partial charge in [0.05, 0.1) is 0 Å². The Kier molecular flexibility index (Phi) is 4.51. The number of aromatic nitrogens is 2. The molecule has 2 N–H and O–H groups in total. The summed E-state index contributed by atoms with van der Waals surface area (Å²) in [6.07, 6.45) is 2.29. The van der Waals surface area contributed by atoms with E-state index in [-0.39, 0.29) is 5.92 Å². The summed E-state index contributed by atoms with van der Waals surface area (Å²) in [4.78, 5) is 7.28. The van der Waals surface area contributed by atoms with Gasteiger partial charge in [-0.3, -0.25) is 0 Å². The van der Waals surface area contributed by atoms with E-state index in [0.717, 1.165) is 25.1 Å². The van der Waals surface area contributed by atoms with Gasteiger partial charge >= 0.3 is 0 Å². The lowest BCUT2D eigenvalue weighted by atomic mass is 10.0. The van der Waals surface area contributed by atoms with Crippen LogP contribution in [0.2, 0.25) is 0 Å². The molecule has 1 atom stereocenters. The number of hydrogen-bond acceptors (Lipinski definition) is 3. The monoisotopic (exact) mass is 221 g/mol. The van der Waals surface area contributed by atoms with E-state index in [1.54, 1.807) is 0 Å². The molecule has 0 spiro atoms. The molecule has 1 heterocycles. The van der Waals surface area contributed by atoms with E-state index in [1.807, 2.05) is 13.8 Å². The zero-order valence-corrected chi connectivity index (χ0v) is 10.1. The summed E-state index contributed by atoms with van der Waals surface area (Å²) < 4.78 is 0. The molecule has 88 valence electrons. The van der Waals surface area contributed by atoms with E-state index in [4.69, 9.17) is 5.26 Å². The number of imidazole rings is 1. The number of unbranched alkanes of at least 4 members (excludes halogenated alkanes) is 1. The van der Waals surface area contributed by atoms with Crippen molar-refractivity contribution in [2.45, 2.75) is 46.1 Å². The number of H-pyrrole nitrogens is 1. The SMILES string of the molecule is CCCCc1nc(C(O)C(C)C)c(C#N)[nH]1. The first-order valence-corrected chi connectivity index (χ1v) is 5.77. The number of rotatable bonds is 5. The largest absolute Gasteiger partial charge is 0.386 e. The second-order valence-corrected chi connectivity index (χ2v) is 4.35. The van der Waals surface area contributed by atoms with Crippen molar-refractivity contribution in [2.75, 3.05) is 0 Å². The summed E-state index contributed by atoms with van der Waals surface area (Å²) in [5.74, 6) is 0.863. The van der Waals surface area contributed by atoms with Gasteiger partial charge in [0.25, 0.3) is 0 Å². The molecular formula is C12H19N3O. The third-order valence-electron chi connectivity index (χ3n) is 2.57. The number of aryl methyl sites for hydroxylation is 1. The van der Waals surface area contributed by atoms with Crippen LogP contribution in [0.3, 0.4) is 0 Å². The maximum atomic E-state index is 9.91. The van der Waals surface area contributed by atoms with E-state index < -0.39 is 6.10 Å². The number of nitrogens with one attached hydrogen (secondary N) is 1. The summed E-state index contributed by atoms with van der Waals surface area (Å²) in [5, 5.41) is 18.9. The number of hydrogen-bond donors (Lipinski definition) is 2. The lowest BCUT2D eigenvalue weighted by Crippen LogP contribution is -2.07. The summed E-state index contributed by atoms with van der Waals surface area (Å²) in [6.45, 7) is 5.93. The Morgan fingerprint density at radius 1 is 1.50 bits per heavy atom. The van der Waals surface area contributed by atoms with Crippen LogP contribution in [0.1, 0.15) is 56.9 Å². The third-order valence-corrected chi connectivity index (χ3v) is 2.57. The molecule has 1 aromatic heterocycles. The lowest BCUT2D eigenvalue weighted by molar-refractivity contribution is 0.122. The molecule has 4 heteroatoms. The predicted octanol–water partition coefficient (Wildman–Crippen LogP) is 2.31. The van der Waals surface area contributed by atoms with Gasteiger partial charge in [0.2, 0.25) is 0 Å². The molecule has 0 aromatic carbocycles. The lowest BCUT2D eigenvalue weighted by Gasteiger charge is -2.11. The van der Waals surface area contributed by atoms with Crippen LogP contribution < -0.4 is 0 Å². The summed E-state index contributed by atoms with van der Waals surface area (Å²) in [6, 6.07) is 2.05. The van der Waals surface area contributed by atoms with Crippen molar-refractivity contribution >= 4 is 0 Å². The molecule has 1 rings (SSSR count). The van der Waals surface area contributed by atoms with E-state index in [1.165, 1.54) is 0 Å². The molecule has 0 radical (unpaired) electrons. The smallest absolute Gasteiger partial charge is 0.143 e. The summed E-state index contributed by atoms with van der Waals surface area (Å²) in [7, 11) is 0. The van der Waals surface area contributed by atoms with Crippen molar-refractivity contribution < 1.29 is 5.11 Å². The van der Waals surface area contributed by atoms with Crippen molar-refractivity contribution in [3.63, 3.8) is 0 Å². The van der Waals surface area contributed by atoms with Crippen molar-refractivity contribution in [2.24, 2.45) is 5.92 Å². The standard InChI is InChI=1S/C12H19N3O/c1-4-5-6-10-14-9(7-13)11(15-10)12(16)8(2)3/h8,12,16H,4-6H2,1-3H3,(H,14,15). The van der Waals surface area contributed by atoms with Crippen LogP contribution in [-0.2, 0) is 6.42 Å². The van der Waals surface area contributed by atoms with Gasteiger partial charge in [0.1, 0.15) is 29.4 Å². The number of nitrogens with zero attached hydrogens (tertiary/aromatic N) is 2. The quantitative estimate of drug-likeness (QED) is 0.801. The molecule has 4 nitrogen and oxygen atoms in total. The molecule has 0 aliphatic rings. The van der Waals surface area contributed by atoms with E-state index in [9.17, 15) is 5.11 Å². The van der Waals surface area contributed by atoms with Crippen LogP contribution in [0.4, 0.5) is 0 Å². The minimum atomic E-state index is -0.665. The number of aliphatic hydroxyl groups excluding tert-OH is 1. The Labute approximate surface area is 96.3 Å². The maximum absolute atomic E-state index is 9.91. The van der Waals surface area contributed by atoms with Crippen LogP contribution in [0.25, 0.3) is 0 Å². The fourth-order valence-electron chi connectivity index (χ4n) is 1.52. The first kappa shape index (κ1) is 12.7. The normalized spacial score (nSPS) is 12.8. The fraction of sp³-hybridized carbons (Fsp3) is 0.667. The highest BCUT2D eigenvalue weighted by Gasteiger charge is 2.20. The number of nitriles is 1. The van der Waals surface area contributed by atoms with Crippen LogP contribution >= 0.6 is 0 Å². The first-order valence-electron chi connectivity index (χ1n) is 5.77. The third kappa shape index (κ3) is 2.83. The molecule has 0 aliphatic carbocycles. The highest BCUT2D eigenvalue weighted by molar-refractivity contribution is 5.29. The Bertz CT molecular complexity index is 376. The van der Waals surface area contributed by atoms with E-state index in [0.29, 0.717) is 11.4 Å². The molecule has 0 aliphatic heterocycles. The van der Waals surface area contributed by atoms with Gasteiger partial charge in [0.15, 0.2) is 0 Å². The van der Waals surface area contributed by atoms with Gasteiger partial charge in [-0.1, -0.05) is 27.2 Å². The molecule has 1 aromatic rings. The van der Waals surface area contributed by atoms with E-state index in [2.05, 4.69) is 23.0 Å². The Hall–Kier alpha value is -1.34. The van der Waals surface area contributed by atoms with Crippen molar-refractivity contribution in [3.8, 4) is 6.07 Å². The van der Waals surface area contributed by atoms with Gasteiger partial charge in [-0.25, -0.2) is 4.98 Å². The predicted molar refractivity (Wildman–Crippen MR) is 61.7 cm³/mol. The minimum absolute atomic E-state index is 0.0643. The van der Waals surface area contributed by atoms with Gasteiger partial charge in [-0.05, 0) is 12.3 Å². The molecule has 0 bridgehead atoms. The highest BCUT2D eigenvalue weighted by atomic mass is 16.3. The number of aliphatic hydroxyl groups is 1. The Morgan fingerprint density at radius 2 is 2.19 bits per heavy atom. The average Bonchev–Trinajstić information content (AvgIpc) is 2.68. The molecule has 0 amide bonds. The van der Waals surface area contributed by atoms with Crippen molar-refractivity contribution in [3.05, 3.63) is 17.2 Å². The Morgan fingerprint density at radius 3 is 2.69 bits per heavy atom. The van der Waals surface area contributed by atoms with Gasteiger partial charge in [-0.2, -0.15) is 5.26 Å². The summed E-state index contributed by atoms with van der Waals surface area (Å²) in [5.41, 5.74) is 0.885. The first-order chi connectivity index (χ1) is 7.60. The molecule has 16 heavy (non-hydrogen) atoms. The van der Waals surface area contributed by atoms with Gasteiger partial charge in [-0.15, -0.1) is 0 Å². The molecule has 1 unspecified atom stereocenters. The maximum Gasteiger partial charge on any atom is 0.143 e. The van der Waals surface area contributed by atoms with Crippen LogP contribution in [-0.4, -0.2) is 15.1 Å². The second-order valence-electron chi connectivity index (χ2n) is 4.35. The second kappa shape index (κ2) is 5.66. The fourth-order valence-corrected chi connectivity index (χ4v) is 1.52. The average molecular weight is 221 g/mol. The molecular weight excluding hydrogens is 202 g/mol. The Balaban J connectivity index is 2.91. The van der Waals surface area contributed by atoms with Crippen LogP contribution in [0.5, 0.6) is 0 Å². The highest BCUT2D eigenvalue weighted by Crippen LogP contribution is 2.22. The zero-order valence-electron chi connectivity index (χ0n) is 10.1. The van der Waals surface area contributed by atoms with Crippen LogP contribution in [0.15, 0.2) is 0 Å². The minimum Gasteiger partial charge on any atom is -0.386 e. The molecule has 0 saturated carbocycles. The van der Waals surface area contributed by atoms with Crippen molar-refractivity contribution in [1.29, 1.82) is 5.26 Å². The topological polar surface area (TPSA) is 72.7 Å². The zero-order chi connectivity index (χ0) is 12.1. The van der Waals surface area contributed by atoms with Gasteiger partial charge in [0, 0.05) is 6.42 Å². The van der Waals surface area contributed by atoms with Crippen molar-refractivity contribution in [1.82, 2.24) is 9.97 Å².